The molecule has 0 N–H and O–H groups in total. The Morgan fingerprint density at radius 3 is 1.81 bits per heavy atom. The molecular formula is C14H14O2. The molecule has 0 amide bonds. The molecule has 0 aromatic heterocycles. The molecule has 6 atom stereocenters. The first-order valence-corrected chi connectivity index (χ1v) is 6.31. The second kappa shape index (κ2) is 2.52. The third-order valence-corrected chi connectivity index (χ3v) is 4.80. The number of epoxide rings is 2. The van der Waals surface area contributed by atoms with Gasteiger partial charge >= 0.3 is 0 Å². The van der Waals surface area contributed by atoms with E-state index < -0.39 is 0 Å². The average Bonchev–Trinajstić information content (AvgIpc) is 3.13. The van der Waals surface area contributed by atoms with Crippen LogP contribution in [0.2, 0.25) is 0 Å². The van der Waals surface area contributed by atoms with Gasteiger partial charge in [-0.2, -0.15) is 0 Å². The molecule has 1 aromatic carbocycles. The van der Waals surface area contributed by atoms with Gasteiger partial charge < -0.3 is 9.47 Å². The Labute approximate surface area is 94.6 Å². The molecule has 16 heavy (non-hydrogen) atoms. The average molecular weight is 214 g/mol. The lowest BCUT2D eigenvalue weighted by molar-refractivity contribution is 0.277. The summed E-state index contributed by atoms with van der Waals surface area (Å²) >= 11 is 0. The normalized spacial score (nSPS) is 50.8. The Kier molecular flexibility index (Phi) is 1.30. The van der Waals surface area contributed by atoms with Crippen molar-refractivity contribution in [2.45, 2.75) is 49.1 Å². The van der Waals surface area contributed by atoms with E-state index in [-0.39, 0.29) is 0 Å². The molecule has 2 saturated heterocycles. The van der Waals surface area contributed by atoms with Crippen molar-refractivity contribution < 1.29 is 9.47 Å². The lowest BCUT2D eigenvalue weighted by atomic mass is 9.90. The first-order valence-electron chi connectivity index (χ1n) is 6.31. The summed E-state index contributed by atoms with van der Waals surface area (Å²) in [4.78, 5) is 0. The van der Waals surface area contributed by atoms with Gasteiger partial charge in [-0.15, -0.1) is 0 Å². The van der Waals surface area contributed by atoms with Crippen molar-refractivity contribution in [3.05, 3.63) is 35.4 Å². The Morgan fingerprint density at radius 1 is 0.812 bits per heavy atom. The van der Waals surface area contributed by atoms with Gasteiger partial charge in [-0.05, 0) is 24.0 Å². The first-order chi connectivity index (χ1) is 7.92. The molecule has 82 valence electrons. The van der Waals surface area contributed by atoms with Crippen LogP contribution in [-0.4, -0.2) is 24.4 Å². The second-order valence-electron chi connectivity index (χ2n) is 5.59. The summed E-state index contributed by atoms with van der Waals surface area (Å²) in [5, 5.41) is 0. The number of hydrogen-bond acceptors (Lipinski definition) is 2. The van der Waals surface area contributed by atoms with Crippen LogP contribution in [0.15, 0.2) is 24.3 Å². The van der Waals surface area contributed by atoms with Crippen molar-refractivity contribution in [1.82, 2.24) is 0 Å². The van der Waals surface area contributed by atoms with Crippen molar-refractivity contribution in [3.63, 3.8) is 0 Å². The highest BCUT2D eigenvalue weighted by Crippen LogP contribution is 2.58. The molecule has 2 heterocycles. The van der Waals surface area contributed by atoms with Crippen molar-refractivity contribution in [2.24, 2.45) is 0 Å². The van der Waals surface area contributed by atoms with Gasteiger partial charge in [0.15, 0.2) is 0 Å². The minimum absolute atomic E-state index is 0.497. The molecule has 0 saturated carbocycles. The van der Waals surface area contributed by atoms with Crippen molar-refractivity contribution in [2.75, 3.05) is 0 Å². The number of hydrogen-bond donors (Lipinski definition) is 0. The molecule has 2 fully saturated rings. The van der Waals surface area contributed by atoms with Crippen LogP contribution in [0.25, 0.3) is 0 Å². The van der Waals surface area contributed by atoms with Gasteiger partial charge in [0, 0.05) is 11.8 Å². The topological polar surface area (TPSA) is 25.1 Å². The van der Waals surface area contributed by atoms with Crippen molar-refractivity contribution in [1.29, 1.82) is 0 Å². The highest BCUT2D eigenvalue weighted by Gasteiger charge is 2.60. The summed E-state index contributed by atoms with van der Waals surface area (Å²) in [6.07, 6.45) is 4.39. The van der Waals surface area contributed by atoms with Gasteiger partial charge in [-0.1, -0.05) is 24.3 Å². The number of fused-ring (bicyclic) bond motifs is 4. The predicted octanol–water partition coefficient (Wildman–Crippen LogP) is 2.20. The summed E-state index contributed by atoms with van der Waals surface area (Å²) in [5.41, 5.74) is 3.10. The largest absolute Gasteiger partial charge is 0.369 e. The Hall–Kier alpha value is -0.860. The minimum atomic E-state index is 0.497. The fraction of sp³-hybridized carbons (Fsp3) is 0.571. The van der Waals surface area contributed by atoms with E-state index in [9.17, 15) is 0 Å². The quantitative estimate of drug-likeness (QED) is 0.618. The molecule has 0 radical (unpaired) electrons. The molecule has 2 aliphatic carbocycles. The van der Waals surface area contributed by atoms with Crippen LogP contribution in [0.4, 0.5) is 0 Å². The van der Waals surface area contributed by atoms with E-state index >= 15 is 0 Å². The van der Waals surface area contributed by atoms with Crippen LogP contribution in [0, 0.1) is 0 Å². The van der Waals surface area contributed by atoms with Gasteiger partial charge in [-0.25, -0.2) is 0 Å². The molecule has 2 nitrogen and oxygen atoms in total. The van der Waals surface area contributed by atoms with Crippen LogP contribution >= 0.6 is 0 Å². The van der Waals surface area contributed by atoms with E-state index in [1.165, 1.54) is 12.8 Å². The zero-order chi connectivity index (χ0) is 10.3. The van der Waals surface area contributed by atoms with Gasteiger partial charge in [0.25, 0.3) is 0 Å². The molecule has 1 aromatic rings. The maximum Gasteiger partial charge on any atom is 0.0911 e. The lowest BCUT2D eigenvalue weighted by Gasteiger charge is -2.17. The van der Waals surface area contributed by atoms with Crippen LogP contribution in [0.1, 0.15) is 35.8 Å². The molecule has 2 bridgehead atoms. The smallest absolute Gasteiger partial charge is 0.0911 e. The highest BCUT2D eigenvalue weighted by atomic mass is 16.6. The summed E-state index contributed by atoms with van der Waals surface area (Å²) in [6, 6.07) is 8.95. The zero-order valence-corrected chi connectivity index (χ0v) is 9.00. The van der Waals surface area contributed by atoms with E-state index in [0.29, 0.717) is 36.3 Å². The van der Waals surface area contributed by atoms with Crippen LogP contribution < -0.4 is 0 Å². The van der Waals surface area contributed by atoms with Gasteiger partial charge in [0.2, 0.25) is 0 Å². The molecule has 2 aliphatic heterocycles. The van der Waals surface area contributed by atoms with Crippen LogP contribution in [-0.2, 0) is 9.47 Å². The molecule has 0 spiro atoms. The molecule has 4 aliphatic rings. The summed E-state index contributed by atoms with van der Waals surface area (Å²) in [6.45, 7) is 0. The molecule has 2 heteroatoms. The predicted molar refractivity (Wildman–Crippen MR) is 58.5 cm³/mol. The lowest BCUT2D eigenvalue weighted by Crippen LogP contribution is -2.14. The third-order valence-electron chi connectivity index (χ3n) is 4.80. The molecular weight excluding hydrogens is 200 g/mol. The maximum atomic E-state index is 5.84. The molecule has 0 unspecified atom stereocenters. The standard InChI is InChI=1S/C14H14O2/c1-2-4-8-7(3-1)9-5-11-14(16-11)10(8)6-12-13(9)15-12/h1-4,9-14H,5-6H2/t9-,10-,11-,12-,13+,14+/m1/s1. The monoisotopic (exact) mass is 214 g/mol. The second-order valence-corrected chi connectivity index (χ2v) is 5.59. The fourth-order valence-electron chi connectivity index (χ4n) is 3.96. The number of ether oxygens (including phenoxy) is 2. The number of rotatable bonds is 0. The van der Waals surface area contributed by atoms with E-state index in [4.69, 9.17) is 9.47 Å². The zero-order valence-electron chi connectivity index (χ0n) is 9.00. The Morgan fingerprint density at radius 2 is 1.31 bits per heavy atom. The first kappa shape index (κ1) is 8.26. The maximum absolute atomic E-state index is 5.84. The van der Waals surface area contributed by atoms with E-state index in [1.807, 2.05) is 0 Å². The van der Waals surface area contributed by atoms with Gasteiger partial charge in [-0.3, -0.25) is 0 Å². The van der Waals surface area contributed by atoms with Crippen molar-refractivity contribution >= 4 is 0 Å². The number of benzene rings is 1. The van der Waals surface area contributed by atoms with E-state index in [0.717, 1.165) is 0 Å². The molecule has 5 rings (SSSR count). The Balaban J connectivity index is 1.76. The van der Waals surface area contributed by atoms with E-state index in [2.05, 4.69) is 24.3 Å². The summed E-state index contributed by atoms with van der Waals surface area (Å²) < 4.78 is 11.7. The SMILES string of the molecule is c1ccc2c(c1)[C@H]1C[C@H]3O[C@H]3[C@@H]2C[C@H]2O[C@@H]12. The van der Waals surface area contributed by atoms with Gasteiger partial charge in [0.1, 0.15) is 0 Å². The van der Waals surface area contributed by atoms with Crippen LogP contribution in [0.5, 0.6) is 0 Å². The van der Waals surface area contributed by atoms with Gasteiger partial charge in [0.05, 0.1) is 24.4 Å². The summed E-state index contributed by atoms with van der Waals surface area (Å²) in [5.74, 6) is 1.20. The minimum Gasteiger partial charge on any atom is -0.369 e. The fourth-order valence-corrected chi connectivity index (χ4v) is 3.96. The van der Waals surface area contributed by atoms with Crippen molar-refractivity contribution in [3.8, 4) is 0 Å². The third kappa shape index (κ3) is 0.910. The highest BCUT2D eigenvalue weighted by molar-refractivity contribution is 5.41. The Bertz CT molecular complexity index is 427. The van der Waals surface area contributed by atoms with Crippen LogP contribution in [0.3, 0.4) is 0 Å². The van der Waals surface area contributed by atoms with E-state index in [1.54, 1.807) is 11.1 Å². The summed E-state index contributed by atoms with van der Waals surface area (Å²) in [7, 11) is 0.